The number of rotatable bonds is 9. The average Bonchev–Trinajstić information content (AvgIpc) is 2.73. The third-order valence-electron chi connectivity index (χ3n) is 5.13. The van der Waals surface area contributed by atoms with E-state index in [0.29, 0.717) is 28.0 Å². The second-order valence-corrected chi connectivity index (χ2v) is 7.46. The molecule has 6 nitrogen and oxygen atoms in total. The summed E-state index contributed by atoms with van der Waals surface area (Å²) in [5.74, 6) is 1.88. The van der Waals surface area contributed by atoms with Crippen LogP contribution in [-0.2, 0) is 11.2 Å². The van der Waals surface area contributed by atoms with Crippen molar-refractivity contribution in [2.75, 3.05) is 40.2 Å². The van der Waals surface area contributed by atoms with Gasteiger partial charge in [0, 0.05) is 17.5 Å². The number of anilines is 1. The molecule has 0 spiro atoms. The van der Waals surface area contributed by atoms with Gasteiger partial charge in [0.05, 0.1) is 40.6 Å². The quantitative estimate of drug-likeness (QED) is 0.653. The molecule has 0 bridgehead atoms. The zero-order chi connectivity index (χ0) is 21.6. The van der Waals surface area contributed by atoms with E-state index in [-0.39, 0.29) is 11.9 Å². The van der Waals surface area contributed by atoms with E-state index in [0.717, 1.165) is 29.0 Å². The van der Waals surface area contributed by atoms with Crippen LogP contribution in [0.2, 0.25) is 5.02 Å². The number of carbonyl (C=O) groups excluding carboxylic acids is 1. The van der Waals surface area contributed by atoms with E-state index < -0.39 is 0 Å². The fourth-order valence-electron chi connectivity index (χ4n) is 2.99. The van der Waals surface area contributed by atoms with Gasteiger partial charge in [-0.05, 0) is 43.2 Å². The molecule has 1 unspecified atom stereocenters. The molecule has 0 aliphatic heterocycles. The van der Waals surface area contributed by atoms with Crippen LogP contribution in [0, 0.1) is 6.92 Å². The average molecular weight is 422 g/mol. The number of ether oxygens (including phenoxy) is 3. The van der Waals surface area contributed by atoms with Gasteiger partial charge in [0.15, 0.2) is 17.5 Å². The number of hydrogen-bond donors (Lipinski definition) is 2. The van der Waals surface area contributed by atoms with Gasteiger partial charge in [0.25, 0.3) is 5.91 Å². The summed E-state index contributed by atoms with van der Waals surface area (Å²) in [5, 5.41) is 3.56. The van der Waals surface area contributed by atoms with Gasteiger partial charge in [-0.2, -0.15) is 0 Å². The lowest BCUT2D eigenvalue weighted by Crippen LogP contribution is -3.14. The first kappa shape index (κ1) is 22.8. The highest BCUT2D eigenvalue weighted by Gasteiger charge is 2.23. The van der Waals surface area contributed by atoms with Gasteiger partial charge < -0.3 is 24.4 Å². The third-order valence-corrected chi connectivity index (χ3v) is 5.53. The van der Waals surface area contributed by atoms with Crippen LogP contribution in [0.15, 0.2) is 30.3 Å². The normalized spacial score (nSPS) is 12.8. The van der Waals surface area contributed by atoms with Crippen molar-refractivity contribution in [1.29, 1.82) is 0 Å². The molecular formula is C22H30ClN2O4+. The summed E-state index contributed by atoms with van der Waals surface area (Å²) in [6, 6.07) is 9.18. The number of quaternary nitrogens is 1. The minimum Gasteiger partial charge on any atom is -0.495 e. The molecule has 0 saturated heterocycles. The topological polar surface area (TPSA) is 61.2 Å². The number of halogens is 1. The van der Waals surface area contributed by atoms with Gasteiger partial charge in [-0.3, -0.25) is 4.79 Å². The predicted molar refractivity (Wildman–Crippen MR) is 116 cm³/mol. The first-order chi connectivity index (χ1) is 13.8. The minimum absolute atomic E-state index is 0.0742. The number of amides is 1. The molecular weight excluding hydrogens is 392 g/mol. The predicted octanol–water partition coefficient (Wildman–Crippen LogP) is 2.76. The van der Waals surface area contributed by atoms with Gasteiger partial charge in [0.1, 0.15) is 5.75 Å². The van der Waals surface area contributed by atoms with E-state index in [4.69, 9.17) is 25.8 Å². The Morgan fingerprint density at radius 2 is 1.72 bits per heavy atom. The van der Waals surface area contributed by atoms with Crippen molar-refractivity contribution in [2.45, 2.75) is 26.3 Å². The highest BCUT2D eigenvalue weighted by atomic mass is 35.5. The molecule has 0 saturated carbocycles. The molecule has 0 heterocycles. The van der Waals surface area contributed by atoms with Crippen molar-refractivity contribution in [3.05, 3.63) is 46.5 Å². The van der Waals surface area contributed by atoms with Crippen molar-refractivity contribution in [3.8, 4) is 17.2 Å². The Hall–Kier alpha value is -2.44. The molecule has 2 rings (SSSR count). The molecule has 0 fully saturated rings. The number of aryl methyl sites for hydroxylation is 1. The Morgan fingerprint density at radius 3 is 2.34 bits per heavy atom. The molecule has 2 N–H and O–H groups in total. The minimum atomic E-state index is -0.240. The summed E-state index contributed by atoms with van der Waals surface area (Å²) in [4.78, 5) is 13.9. The number of methoxy groups -OCH3 is 3. The summed E-state index contributed by atoms with van der Waals surface area (Å²) in [7, 11) is 6.81. The molecule has 2 aromatic carbocycles. The zero-order valence-corrected chi connectivity index (χ0v) is 18.6. The van der Waals surface area contributed by atoms with Crippen LogP contribution in [0.1, 0.15) is 18.1 Å². The van der Waals surface area contributed by atoms with Crippen molar-refractivity contribution in [2.24, 2.45) is 0 Å². The third kappa shape index (κ3) is 5.78. The number of benzene rings is 2. The lowest BCUT2D eigenvalue weighted by atomic mass is 10.1. The highest BCUT2D eigenvalue weighted by molar-refractivity contribution is 6.31. The molecule has 0 radical (unpaired) electrons. The zero-order valence-electron chi connectivity index (χ0n) is 17.9. The summed E-state index contributed by atoms with van der Waals surface area (Å²) in [5.41, 5.74) is 2.63. The SMILES string of the molecule is COc1cc(Cl)c(C)cc1NC(=O)[C@@H](C)[NH+](C)CCc1ccc(OC)c(OC)c1. The number of hydrogen-bond acceptors (Lipinski definition) is 4. The fraction of sp³-hybridized carbons (Fsp3) is 0.409. The summed E-state index contributed by atoms with van der Waals surface area (Å²) < 4.78 is 16.0. The maximum atomic E-state index is 12.8. The monoisotopic (exact) mass is 421 g/mol. The number of carbonyl (C=O) groups is 1. The molecule has 2 aromatic rings. The van der Waals surface area contributed by atoms with E-state index >= 15 is 0 Å². The number of likely N-dealkylation sites (N-methyl/N-ethyl adjacent to an activating group) is 1. The molecule has 0 aliphatic rings. The van der Waals surface area contributed by atoms with Crippen LogP contribution in [0.5, 0.6) is 17.2 Å². The van der Waals surface area contributed by atoms with Crippen LogP contribution in [0.4, 0.5) is 5.69 Å². The molecule has 158 valence electrons. The molecule has 0 aromatic heterocycles. The van der Waals surface area contributed by atoms with Crippen LogP contribution in [0.25, 0.3) is 0 Å². The smallest absolute Gasteiger partial charge is 0.282 e. The Balaban J connectivity index is 2.00. The standard InChI is InChI=1S/C22H29ClN2O4/c1-14-11-18(20(28-5)13-17(14)23)24-22(26)15(2)25(3)10-9-16-7-8-19(27-4)21(12-16)29-6/h7-8,11-13,15H,9-10H2,1-6H3,(H,24,26)/p+1/t15-/m1/s1. The van der Waals surface area contributed by atoms with E-state index in [2.05, 4.69) is 5.32 Å². The van der Waals surface area contributed by atoms with E-state index in [1.807, 2.05) is 45.2 Å². The Labute approximate surface area is 177 Å². The lowest BCUT2D eigenvalue weighted by molar-refractivity contribution is -0.893. The molecule has 29 heavy (non-hydrogen) atoms. The van der Waals surface area contributed by atoms with E-state index in [1.165, 1.54) is 0 Å². The molecule has 2 atom stereocenters. The van der Waals surface area contributed by atoms with Gasteiger partial charge in [-0.25, -0.2) is 0 Å². The Bertz CT molecular complexity index is 857. The molecule has 0 aliphatic carbocycles. The first-order valence-corrected chi connectivity index (χ1v) is 9.86. The van der Waals surface area contributed by atoms with E-state index in [9.17, 15) is 4.79 Å². The second kappa shape index (κ2) is 10.4. The van der Waals surface area contributed by atoms with Gasteiger partial charge in [0.2, 0.25) is 0 Å². The highest BCUT2D eigenvalue weighted by Crippen LogP contribution is 2.31. The Morgan fingerprint density at radius 1 is 1.07 bits per heavy atom. The van der Waals surface area contributed by atoms with E-state index in [1.54, 1.807) is 27.4 Å². The maximum absolute atomic E-state index is 12.8. The van der Waals surface area contributed by atoms with Crippen LogP contribution in [0.3, 0.4) is 0 Å². The maximum Gasteiger partial charge on any atom is 0.282 e. The van der Waals surface area contributed by atoms with Gasteiger partial charge in [-0.15, -0.1) is 0 Å². The largest absolute Gasteiger partial charge is 0.495 e. The van der Waals surface area contributed by atoms with Crippen molar-refractivity contribution < 1.29 is 23.9 Å². The van der Waals surface area contributed by atoms with Crippen molar-refractivity contribution in [3.63, 3.8) is 0 Å². The van der Waals surface area contributed by atoms with Crippen molar-refractivity contribution >= 4 is 23.2 Å². The van der Waals surface area contributed by atoms with Gasteiger partial charge in [-0.1, -0.05) is 17.7 Å². The first-order valence-electron chi connectivity index (χ1n) is 9.48. The van der Waals surface area contributed by atoms with Gasteiger partial charge >= 0.3 is 0 Å². The van der Waals surface area contributed by atoms with Crippen LogP contribution in [-0.4, -0.2) is 46.9 Å². The van der Waals surface area contributed by atoms with Crippen LogP contribution >= 0.6 is 11.6 Å². The van der Waals surface area contributed by atoms with Crippen molar-refractivity contribution in [1.82, 2.24) is 0 Å². The lowest BCUT2D eigenvalue weighted by Gasteiger charge is -2.22. The summed E-state index contributed by atoms with van der Waals surface area (Å²) in [6.45, 7) is 4.59. The van der Waals surface area contributed by atoms with Crippen LogP contribution < -0.4 is 24.4 Å². The summed E-state index contributed by atoms with van der Waals surface area (Å²) in [6.07, 6.45) is 0.813. The fourth-order valence-corrected chi connectivity index (χ4v) is 3.14. The molecule has 1 amide bonds. The Kier molecular flexibility index (Phi) is 8.17. The molecule has 7 heteroatoms. The number of nitrogens with one attached hydrogen (secondary N) is 2. The summed E-state index contributed by atoms with van der Waals surface area (Å²) >= 11 is 6.14. The second-order valence-electron chi connectivity index (χ2n) is 7.05.